The number of aryl methyl sites for hydroxylation is 3. The monoisotopic (exact) mass is 352 g/mol. The molecule has 134 valence electrons. The van der Waals surface area contributed by atoms with Gasteiger partial charge in [-0.2, -0.15) is 0 Å². The number of benzene rings is 2. The molecule has 0 spiro atoms. The molecule has 0 unspecified atom stereocenters. The van der Waals surface area contributed by atoms with Crippen LogP contribution >= 0.6 is 0 Å². The second-order valence-corrected chi connectivity index (χ2v) is 6.44. The van der Waals surface area contributed by atoms with Gasteiger partial charge in [-0.25, -0.2) is 0 Å². The van der Waals surface area contributed by atoms with Gasteiger partial charge in [-0.15, -0.1) is 0 Å². The SMILES string of the molecule is COc1ccc2c(=O)c(-c3cc4c(cc3C)OCCO4)c(C)oc2c1C. The van der Waals surface area contributed by atoms with Crippen molar-refractivity contribution in [3.05, 3.63) is 51.4 Å². The van der Waals surface area contributed by atoms with E-state index in [2.05, 4.69) is 0 Å². The normalized spacial score (nSPS) is 13.1. The van der Waals surface area contributed by atoms with Crippen LogP contribution in [0.2, 0.25) is 0 Å². The molecule has 0 bridgehead atoms. The number of fused-ring (bicyclic) bond motifs is 2. The lowest BCUT2D eigenvalue weighted by Crippen LogP contribution is -2.16. The van der Waals surface area contributed by atoms with E-state index < -0.39 is 0 Å². The van der Waals surface area contributed by atoms with Crippen molar-refractivity contribution in [1.82, 2.24) is 0 Å². The summed E-state index contributed by atoms with van der Waals surface area (Å²) < 4.78 is 22.7. The quantitative estimate of drug-likeness (QED) is 0.693. The van der Waals surface area contributed by atoms with Gasteiger partial charge in [0.25, 0.3) is 0 Å². The third kappa shape index (κ3) is 2.43. The average molecular weight is 352 g/mol. The van der Waals surface area contributed by atoms with Gasteiger partial charge in [0.2, 0.25) is 5.43 Å². The summed E-state index contributed by atoms with van der Waals surface area (Å²) in [5, 5.41) is 0.540. The van der Waals surface area contributed by atoms with Crippen LogP contribution in [0.5, 0.6) is 17.2 Å². The predicted octanol–water partition coefficient (Wildman–Crippen LogP) is 4.17. The lowest BCUT2D eigenvalue weighted by Gasteiger charge is -2.20. The third-order valence-electron chi connectivity index (χ3n) is 4.81. The molecule has 2 aromatic carbocycles. The summed E-state index contributed by atoms with van der Waals surface area (Å²) in [6, 6.07) is 7.32. The van der Waals surface area contributed by atoms with E-state index in [1.165, 1.54) is 0 Å². The van der Waals surface area contributed by atoms with Crippen molar-refractivity contribution >= 4 is 11.0 Å². The molecule has 2 heterocycles. The van der Waals surface area contributed by atoms with Crippen molar-refractivity contribution in [3.63, 3.8) is 0 Å². The van der Waals surface area contributed by atoms with Crippen molar-refractivity contribution in [2.24, 2.45) is 0 Å². The number of hydrogen-bond donors (Lipinski definition) is 0. The summed E-state index contributed by atoms with van der Waals surface area (Å²) in [7, 11) is 1.60. The molecule has 1 aromatic heterocycles. The molecule has 0 saturated heterocycles. The molecule has 5 nitrogen and oxygen atoms in total. The van der Waals surface area contributed by atoms with Crippen molar-refractivity contribution < 1.29 is 18.6 Å². The standard InChI is InChI=1S/C21H20O5/c1-11-9-17-18(25-8-7-24-17)10-15(11)19-13(3)26-21-12(2)16(23-4)6-5-14(21)20(19)22/h5-6,9-10H,7-8H2,1-4H3. The van der Waals surface area contributed by atoms with Crippen molar-refractivity contribution in [1.29, 1.82) is 0 Å². The van der Waals surface area contributed by atoms with Crippen LogP contribution in [0.1, 0.15) is 16.9 Å². The first-order chi connectivity index (χ1) is 12.5. The van der Waals surface area contributed by atoms with E-state index in [9.17, 15) is 4.79 Å². The van der Waals surface area contributed by atoms with Gasteiger partial charge in [0.15, 0.2) is 11.5 Å². The van der Waals surface area contributed by atoms with E-state index in [-0.39, 0.29) is 5.43 Å². The Hall–Kier alpha value is -2.95. The Morgan fingerprint density at radius 2 is 1.69 bits per heavy atom. The maximum Gasteiger partial charge on any atom is 0.200 e. The lowest BCUT2D eigenvalue weighted by atomic mass is 9.97. The molecule has 5 heteroatoms. The van der Waals surface area contributed by atoms with Crippen molar-refractivity contribution in [2.75, 3.05) is 20.3 Å². The van der Waals surface area contributed by atoms with Crippen LogP contribution in [-0.2, 0) is 0 Å². The molecule has 4 rings (SSSR count). The summed E-state index contributed by atoms with van der Waals surface area (Å²) >= 11 is 0. The van der Waals surface area contributed by atoms with Gasteiger partial charge in [-0.3, -0.25) is 4.79 Å². The van der Waals surface area contributed by atoms with Crippen LogP contribution in [0.25, 0.3) is 22.1 Å². The third-order valence-corrected chi connectivity index (χ3v) is 4.81. The second kappa shape index (κ2) is 6.09. The molecule has 0 amide bonds. The zero-order valence-electron chi connectivity index (χ0n) is 15.3. The Bertz CT molecular complexity index is 1080. The number of rotatable bonds is 2. The van der Waals surface area contributed by atoms with Crippen molar-refractivity contribution in [3.8, 4) is 28.4 Å². The zero-order chi connectivity index (χ0) is 18.4. The Balaban J connectivity index is 2.00. The van der Waals surface area contributed by atoms with E-state index in [4.69, 9.17) is 18.6 Å². The number of methoxy groups -OCH3 is 1. The van der Waals surface area contributed by atoms with E-state index in [0.717, 1.165) is 16.7 Å². The van der Waals surface area contributed by atoms with Gasteiger partial charge in [-0.05, 0) is 56.2 Å². The molecule has 26 heavy (non-hydrogen) atoms. The summed E-state index contributed by atoms with van der Waals surface area (Å²) in [5.41, 5.74) is 3.61. The van der Waals surface area contributed by atoms with Gasteiger partial charge in [-0.1, -0.05) is 0 Å². The summed E-state index contributed by atoms with van der Waals surface area (Å²) in [6.45, 7) is 6.68. The minimum absolute atomic E-state index is 0.0609. The predicted molar refractivity (Wildman–Crippen MR) is 99.7 cm³/mol. The minimum Gasteiger partial charge on any atom is -0.496 e. The highest BCUT2D eigenvalue weighted by molar-refractivity contribution is 5.87. The molecule has 0 aliphatic carbocycles. The Kier molecular flexibility index (Phi) is 3.87. The Morgan fingerprint density at radius 1 is 1.00 bits per heavy atom. The molecule has 0 N–H and O–H groups in total. The van der Waals surface area contributed by atoms with E-state index in [0.29, 0.717) is 52.8 Å². The van der Waals surface area contributed by atoms with Crippen LogP contribution < -0.4 is 19.6 Å². The van der Waals surface area contributed by atoms with Crippen LogP contribution in [0.15, 0.2) is 33.5 Å². The molecule has 1 aliphatic rings. The maximum absolute atomic E-state index is 13.2. The molecule has 3 aromatic rings. The fraction of sp³-hybridized carbons (Fsp3) is 0.286. The van der Waals surface area contributed by atoms with Crippen molar-refractivity contribution in [2.45, 2.75) is 20.8 Å². The molecular weight excluding hydrogens is 332 g/mol. The summed E-state index contributed by atoms with van der Waals surface area (Å²) in [6.07, 6.45) is 0. The number of ether oxygens (including phenoxy) is 3. The molecule has 0 atom stereocenters. The first-order valence-electron chi connectivity index (χ1n) is 8.53. The van der Waals surface area contributed by atoms with E-state index >= 15 is 0 Å². The molecule has 1 aliphatic heterocycles. The van der Waals surface area contributed by atoms with Crippen LogP contribution in [-0.4, -0.2) is 20.3 Å². The van der Waals surface area contributed by atoms with Crippen LogP contribution in [0.4, 0.5) is 0 Å². The van der Waals surface area contributed by atoms with Crippen LogP contribution in [0, 0.1) is 20.8 Å². The molecule has 0 fully saturated rings. The smallest absolute Gasteiger partial charge is 0.200 e. The van der Waals surface area contributed by atoms with Gasteiger partial charge in [0.05, 0.1) is 18.1 Å². The van der Waals surface area contributed by atoms with E-state index in [1.54, 1.807) is 19.2 Å². The molecular formula is C21H20O5. The zero-order valence-corrected chi connectivity index (χ0v) is 15.3. The average Bonchev–Trinajstić information content (AvgIpc) is 2.63. The maximum atomic E-state index is 13.2. The molecule has 0 radical (unpaired) electrons. The highest BCUT2D eigenvalue weighted by atomic mass is 16.6. The fourth-order valence-corrected chi connectivity index (χ4v) is 3.48. The number of hydrogen-bond acceptors (Lipinski definition) is 5. The topological polar surface area (TPSA) is 57.9 Å². The van der Waals surface area contributed by atoms with E-state index in [1.807, 2.05) is 32.9 Å². The molecule has 0 saturated carbocycles. The Labute approximate surface area is 151 Å². The van der Waals surface area contributed by atoms with Gasteiger partial charge < -0.3 is 18.6 Å². The minimum atomic E-state index is -0.0609. The summed E-state index contributed by atoms with van der Waals surface area (Å²) in [4.78, 5) is 13.2. The second-order valence-electron chi connectivity index (χ2n) is 6.44. The first kappa shape index (κ1) is 16.5. The Morgan fingerprint density at radius 3 is 2.38 bits per heavy atom. The van der Waals surface area contributed by atoms with Crippen LogP contribution in [0.3, 0.4) is 0 Å². The van der Waals surface area contributed by atoms with Gasteiger partial charge >= 0.3 is 0 Å². The first-order valence-corrected chi connectivity index (χ1v) is 8.53. The summed E-state index contributed by atoms with van der Waals surface area (Å²) in [5.74, 6) is 2.63. The van der Waals surface area contributed by atoms with Gasteiger partial charge in [0, 0.05) is 5.56 Å². The highest BCUT2D eigenvalue weighted by Crippen LogP contribution is 2.38. The fourth-order valence-electron chi connectivity index (χ4n) is 3.48. The lowest BCUT2D eigenvalue weighted by molar-refractivity contribution is 0.171. The highest BCUT2D eigenvalue weighted by Gasteiger charge is 2.21. The largest absolute Gasteiger partial charge is 0.496 e. The van der Waals surface area contributed by atoms with Gasteiger partial charge in [0.1, 0.15) is 30.3 Å².